The van der Waals surface area contributed by atoms with Crippen LogP contribution in [0, 0.1) is 0 Å². The van der Waals surface area contributed by atoms with Crippen molar-refractivity contribution in [3.05, 3.63) is 12.2 Å². The molecular weight excluding hydrogens is 308 g/mol. The quantitative estimate of drug-likeness (QED) is 0.173. The van der Waals surface area contributed by atoms with Crippen LogP contribution in [0.25, 0.3) is 0 Å². The van der Waals surface area contributed by atoms with E-state index < -0.39 is 11.4 Å². The fourth-order valence-electron chi connectivity index (χ4n) is 2.66. The Morgan fingerprint density at radius 1 is 0.739 bits per heavy atom. The van der Waals surface area contributed by atoms with Crippen LogP contribution in [0.3, 0.4) is 0 Å². The van der Waals surface area contributed by atoms with Crippen LogP contribution in [0.2, 0.25) is 0 Å². The lowest BCUT2D eigenvalue weighted by Crippen LogP contribution is -1.97. The van der Waals surface area contributed by atoms with Gasteiger partial charge in [0.15, 0.2) is 0 Å². The number of unbranched alkanes of at least 4 members (excludes halogenated alkanes) is 13. The van der Waals surface area contributed by atoms with Crippen LogP contribution in [-0.2, 0) is 15.5 Å². The normalized spacial score (nSPS) is 13.0. The van der Waals surface area contributed by atoms with Gasteiger partial charge in [-0.15, -0.1) is 0 Å². The summed E-state index contributed by atoms with van der Waals surface area (Å²) in [7, 11) is 0. The second-order valence-corrected chi connectivity index (χ2v) is 7.00. The highest BCUT2D eigenvalue weighted by Gasteiger charge is 1.94. The average Bonchev–Trinajstić information content (AvgIpc) is 2.53. The molecule has 3 nitrogen and oxygen atoms in total. The Labute approximate surface area is 146 Å². The highest BCUT2D eigenvalue weighted by atomic mass is 32.2. The maximum Gasteiger partial charge on any atom is 0.301 e. The molecule has 0 heterocycles. The van der Waals surface area contributed by atoms with E-state index >= 15 is 0 Å². The Morgan fingerprint density at radius 2 is 1.17 bits per heavy atom. The molecule has 1 unspecified atom stereocenters. The molecule has 1 atom stereocenters. The van der Waals surface area contributed by atoms with Gasteiger partial charge in [-0.1, -0.05) is 83.3 Å². The average molecular weight is 347 g/mol. The molecule has 0 bridgehead atoms. The summed E-state index contributed by atoms with van der Waals surface area (Å²) in [6.07, 6.45) is 23.9. The van der Waals surface area contributed by atoms with Gasteiger partial charge in [0, 0.05) is 0 Å². The van der Waals surface area contributed by atoms with E-state index in [-0.39, 0.29) is 0 Å². The molecule has 0 aliphatic heterocycles. The molecule has 0 radical (unpaired) electrons. The first-order valence-electron chi connectivity index (χ1n) is 9.66. The highest BCUT2D eigenvalue weighted by molar-refractivity contribution is 7.74. The first-order chi connectivity index (χ1) is 11.3. The third-order valence-electron chi connectivity index (χ3n) is 4.09. The molecule has 0 aliphatic carbocycles. The molecule has 0 aromatic carbocycles. The summed E-state index contributed by atoms with van der Waals surface area (Å²) in [5, 5.41) is 0. The molecule has 0 aromatic heterocycles. The Kier molecular flexibility index (Phi) is 19.7. The zero-order chi connectivity index (χ0) is 17.0. The molecule has 23 heavy (non-hydrogen) atoms. The summed E-state index contributed by atoms with van der Waals surface area (Å²) in [6, 6.07) is 0. The monoisotopic (exact) mass is 346 g/mol. The van der Waals surface area contributed by atoms with E-state index in [1.54, 1.807) is 0 Å². The molecule has 0 fully saturated rings. The third-order valence-corrected chi connectivity index (χ3v) is 4.46. The van der Waals surface area contributed by atoms with E-state index in [4.69, 9.17) is 4.55 Å². The van der Waals surface area contributed by atoms with Gasteiger partial charge in [0.2, 0.25) is 0 Å². The van der Waals surface area contributed by atoms with Gasteiger partial charge in [-0.05, 0) is 32.1 Å². The summed E-state index contributed by atoms with van der Waals surface area (Å²) >= 11 is -2.09. The molecule has 4 heteroatoms. The predicted octanol–water partition coefficient (Wildman–Crippen LogP) is 6.57. The van der Waals surface area contributed by atoms with Crippen LogP contribution in [0.1, 0.15) is 103 Å². The van der Waals surface area contributed by atoms with Crippen molar-refractivity contribution in [1.82, 2.24) is 0 Å². The third kappa shape index (κ3) is 21.8. The van der Waals surface area contributed by atoms with Crippen molar-refractivity contribution in [2.45, 2.75) is 103 Å². The van der Waals surface area contributed by atoms with Crippen LogP contribution in [-0.4, -0.2) is 15.4 Å². The minimum absolute atomic E-state index is 0.395. The number of hydrogen-bond acceptors (Lipinski definition) is 2. The molecule has 0 amide bonds. The number of hydrogen-bond donors (Lipinski definition) is 1. The fourth-order valence-corrected chi connectivity index (χ4v) is 2.92. The SMILES string of the molecule is CCCCCCCC/C=C\CCCCCCCCCOS(=O)O. The molecule has 0 aliphatic rings. The summed E-state index contributed by atoms with van der Waals surface area (Å²) < 4.78 is 23.3. The molecule has 138 valence electrons. The van der Waals surface area contributed by atoms with Gasteiger partial charge in [-0.2, -0.15) is 4.21 Å². The van der Waals surface area contributed by atoms with Crippen molar-refractivity contribution >= 4 is 11.4 Å². The van der Waals surface area contributed by atoms with Gasteiger partial charge in [0.25, 0.3) is 0 Å². The summed E-state index contributed by atoms with van der Waals surface area (Å²) in [5.74, 6) is 0. The zero-order valence-corrected chi connectivity index (χ0v) is 16.0. The summed E-state index contributed by atoms with van der Waals surface area (Å²) in [5.41, 5.74) is 0. The van der Waals surface area contributed by atoms with Crippen LogP contribution in [0.4, 0.5) is 0 Å². The largest absolute Gasteiger partial charge is 0.301 e. The second-order valence-electron chi connectivity index (χ2n) is 6.33. The van der Waals surface area contributed by atoms with E-state index in [0.717, 1.165) is 12.8 Å². The van der Waals surface area contributed by atoms with Crippen LogP contribution in [0.15, 0.2) is 12.2 Å². The number of allylic oxidation sites excluding steroid dienone is 2. The molecular formula is C19H38O3S. The van der Waals surface area contributed by atoms with Crippen molar-refractivity contribution in [3.63, 3.8) is 0 Å². The van der Waals surface area contributed by atoms with Gasteiger partial charge < -0.3 is 0 Å². The maximum atomic E-state index is 10.3. The van der Waals surface area contributed by atoms with E-state index in [1.165, 1.54) is 83.5 Å². The van der Waals surface area contributed by atoms with Crippen LogP contribution >= 0.6 is 0 Å². The van der Waals surface area contributed by atoms with Crippen molar-refractivity contribution in [1.29, 1.82) is 0 Å². The van der Waals surface area contributed by atoms with Crippen LogP contribution in [0.5, 0.6) is 0 Å². The van der Waals surface area contributed by atoms with Gasteiger partial charge in [0.1, 0.15) is 0 Å². The molecule has 0 spiro atoms. The Hall–Kier alpha value is -0.190. The van der Waals surface area contributed by atoms with Crippen molar-refractivity contribution in [3.8, 4) is 0 Å². The molecule has 0 saturated heterocycles. The van der Waals surface area contributed by atoms with Gasteiger partial charge in [-0.3, -0.25) is 8.74 Å². The molecule has 0 aromatic rings. The van der Waals surface area contributed by atoms with Gasteiger partial charge >= 0.3 is 11.4 Å². The lowest BCUT2D eigenvalue weighted by Gasteiger charge is -2.01. The maximum absolute atomic E-state index is 10.3. The van der Waals surface area contributed by atoms with E-state index in [9.17, 15) is 4.21 Å². The highest BCUT2D eigenvalue weighted by Crippen LogP contribution is 2.10. The molecule has 0 rings (SSSR count). The Morgan fingerprint density at radius 3 is 1.65 bits per heavy atom. The van der Waals surface area contributed by atoms with Crippen molar-refractivity contribution in [2.75, 3.05) is 6.61 Å². The minimum Gasteiger partial charge on any atom is -0.284 e. The Bertz CT molecular complexity index is 280. The predicted molar refractivity (Wildman–Crippen MR) is 101 cm³/mol. The number of rotatable bonds is 18. The zero-order valence-electron chi connectivity index (χ0n) is 15.1. The molecule has 1 N–H and O–H groups in total. The Balaban J connectivity index is 3.06. The topological polar surface area (TPSA) is 46.5 Å². The minimum atomic E-state index is -2.09. The van der Waals surface area contributed by atoms with E-state index in [2.05, 4.69) is 23.3 Å². The second kappa shape index (κ2) is 19.9. The van der Waals surface area contributed by atoms with Crippen LogP contribution < -0.4 is 0 Å². The van der Waals surface area contributed by atoms with Gasteiger partial charge in [0.05, 0.1) is 6.61 Å². The van der Waals surface area contributed by atoms with Crippen molar-refractivity contribution < 1.29 is 12.9 Å². The van der Waals surface area contributed by atoms with Crippen molar-refractivity contribution in [2.24, 2.45) is 0 Å². The lowest BCUT2D eigenvalue weighted by atomic mass is 10.1. The molecule has 0 saturated carbocycles. The van der Waals surface area contributed by atoms with Gasteiger partial charge in [-0.25, -0.2) is 0 Å². The smallest absolute Gasteiger partial charge is 0.284 e. The summed E-state index contributed by atoms with van der Waals surface area (Å²) in [4.78, 5) is 0. The van der Waals surface area contributed by atoms with E-state index in [0.29, 0.717) is 6.61 Å². The first kappa shape index (κ1) is 22.8. The summed E-state index contributed by atoms with van der Waals surface area (Å²) in [6.45, 7) is 2.66. The lowest BCUT2D eigenvalue weighted by molar-refractivity contribution is 0.296. The first-order valence-corrected chi connectivity index (χ1v) is 10.7. The van der Waals surface area contributed by atoms with E-state index in [1.807, 2.05) is 0 Å². The standard InChI is InChI=1S/C19H38O3S/c1-2-3-4-5-6-7-8-9-10-11-12-13-14-15-16-17-18-19-22-23(20)21/h9-10H,2-8,11-19H2,1H3,(H,20,21)/b10-9-. The fraction of sp³-hybridized carbons (Fsp3) is 0.895.